The first kappa shape index (κ1) is 14.8. The normalized spacial score (nSPS) is 33.2. The second-order valence-corrected chi connectivity index (χ2v) is 6.11. The van der Waals surface area contributed by atoms with Crippen LogP contribution in [0.5, 0.6) is 0 Å². The molecule has 0 radical (unpaired) electrons. The van der Waals surface area contributed by atoms with Gasteiger partial charge < -0.3 is 20.1 Å². The molecule has 8 heteroatoms. The van der Waals surface area contributed by atoms with E-state index >= 15 is 0 Å². The summed E-state index contributed by atoms with van der Waals surface area (Å²) in [7, 11) is 0. The summed E-state index contributed by atoms with van der Waals surface area (Å²) in [6.45, 7) is 3.50. The summed E-state index contributed by atoms with van der Waals surface area (Å²) in [5, 5.41) is 13.1. The summed E-state index contributed by atoms with van der Waals surface area (Å²) in [6, 6.07) is -1.54. The van der Waals surface area contributed by atoms with E-state index in [4.69, 9.17) is 0 Å². The molecule has 6 nitrogen and oxygen atoms in total. The molecule has 2 fully saturated rings. The minimum absolute atomic E-state index is 0. The Morgan fingerprint density at radius 3 is 2.65 bits per heavy atom. The van der Waals surface area contributed by atoms with Gasteiger partial charge in [0.2, 0.25) is 12.3 Å². The molecule has 0 aromatic heterocycles. The third kappa shape index (κ3) is 2.09. The van der Waals surface area contributed by atoms with Crippen molar-refractivity contribution in [2.45, 2.75) is 36.1 Å². The fraction of sp³-hybridized carbons (Fsp3) is 0.667. The van der Waals surface area contributed by atoms with E-state index in [1.54, 1.807) is 13.8 Å². The number of rotatable bonds is 3. The van der Waals surface area contributed by atoms with Crippen molar-refractivity contribution in [2.24, 2.45) is 0 Å². The van der Waals surface area contributed by atoms with Gasteiger partial charge in [-0.2, -0.15) is 0 Å². The quantitative estimate of drug-likeness (QED) is 0.314. The van der Waals surface area contributed by atoms with Crippen molar-refractivity contribution in [2.75, 3.05) is 0 Å². The number of hydrogen-bond donors (Lipinski definition) is 1. The summed E-state index contributed by atoms with van der Waals surface area (Å²) in [4.78, 5) is 34.2. The van der Waals surface area contributed by atoms with Crippen LogP contribution < -0.4 is 40.0 Å². The first-order chi connectivity index (χ1) is 7.40. The van der Waals surface area contributed by atoms with Crippen LogP contribution in [0.4, 0.5) is 0 Å². The molecule has 2 heterocycles. The van der Waals surface area contributed by atoms with Crippen LogP contribution in [-0.2, 0) is 14.4 Å². The fourth-order valence-electron chi connectivity index (χ4n) is 2.22. The number of carbonyl (C=O) groups is 3. The van der Waals surface area contributed by atoms with E-state index in [1.165, 1.54) is 16.7 Å². The first-order valence-electron chi connectivity index (χ1n) is 4.80. The zero-order chi connectivity index (χ0) is 12.1. The number of nitrogens with one attached hydrogen (secondary N) is 1. The monoisotopic (exact) mass is 266 g/mol. The van der Waals surface area contributed by atoms with Gasteiger partial charge in [-0.3, -0.25) is 9.59 Å². The maximum atomic E-state index is 11.6. The molecule has 0 aliphatic carbocycles. The van der Waals surface area contributed by atoms with Crippen LogP contribution in [-0.4, -0.2) is 45.4 Å². The van der Waals surface area contributed by atoms with Crippen molar-refractivity contribution < 1.29 is 49.0 Å². The fourth-order valence-corrected chi connectivity index (χ4v) is 3.85. The Bertz CT molecular complexity index is 376. The zero-order valence-electron chi connectivity index (χ0n) is 9.80. The van der Waals surface area contributed by atoms with Crippen LogP contribution in [0.25, 0.3) is 0 Å². The van der Waals surface area contributed by atoms with Crippen LogP contribution in [0.15, 0.2) is 0 Å². The molecule has 0 bridgehead atoms. The molecule has 2 rings (SSSR count). The number of fused-ring (bicyclic) bond motifs is 1. The molecule has 88 valence electrons. The molecule has 1 N–H and O–H groups in total. The number of carbonyl (C=O) groups excluding carboxylic acids is 3. The third-order valence-electron chi connectivity index (χ3n) is 2.91. The number of thioether (sulfide) groups is 1. The van der Waals surface area contributed by atoms with Gasteiger partial charge >= 0.3 is 29.6 Å². The number of carboxylic acid groups (broad SMARTS) is 1. The van der Waals surface area contributed by atoms with Crippen molar-refractivity contribution in [1.82, 2.24) is 10.2 Å². The Morgan fingerprint density at radius 2 is 2.18 bits per heavy atom. The second-order valence-electron chi connectivity index (χ2n) is 4.34. The van der Waals surface area contributed by atoms with Gasteiger partial charge in [-0.05, 0) is 13.8 Å². The van der Waals surface area contributed by atoms with Crippen LogP contribution in [0, 0.1) is 0 Å². The van der Waals surface area contributed by atoms with Crippen molar-refractivity contribution in [3.05, 3.63) is 0 Å². The van der Waals surface area contributed by atoms with Crippen molar-refractivity contribution in [3.63, 3.8) is 0 Å². The molecule has 0 aromatic carbocycles. The number of aliphatic carboxylic acids is 1. The van der Waals surface area contributed by atoms with Crippen molar-refractivity contribution in [1.29, 1.82) is 0 Å². The third-order valence-corrected chi connectivity index (χ3v) is 4.48. The molecule has 0 unspecified atom stereocenters. The Labute approximate surface area is 125 Å². The standard InChI is InChI=1S/C9H12N2O4S.Na/c1-9(2)5(8(14)15)11-6(13)4(10-3-12)7(11)16-9;/h3-5,7H,1-2H3,(H,10,12)(H,14,15);/q;+1/p-1/t4-,5-,7+;/m0./s1. The number of hydrogen-bond acceptors (Lipinski definition) is 5. The van der Waals surface area contributed by atoms with Gasteiger partial charge in [-0.15, -0.1) is 11.8 Å². The largest absolute Gasteiger partial charge is 1.00 e. The minimum Gasteiger partial charge on any atom is -0.548 e. The summed E-state index contributed by atoms with van der Waals surface area (Å²) < 4.78 is -0.599. The Morgan fingerprint density at radius 1 is 1.59 bits per heavy atom. The van der Waals surface area contributed by atoms with Gasteiger partial charge in [0, 0.05) is 4.75 Å². The molecule has 3 atom stereocenters. The predicted octanol–water partition coefficient (Wildman–Crippen LogP) is -5.08. The SMILES string of the molecule is CC1(C)S[C@@H]2[C@@H](NC=O)C(=O)N2[C@H]1C(=O)[O-].[Na+]. The zero-order valence-corrected chi connectivity index (χ0v) is 12.6. The molecule has 0 saturated carbocycles. The maximum Gasteiger partial charge on any atom is 1.00 e. The van der Waals surface area contributed by atoms with E-state index in [1.807, 2.05) is 0 Å². The van der Waals surface area contributed by atoms with Gasteiger partial charge in [0.15, 0.2) is 0 Å². The van der Waals surface area contributed by atoms with Gasteiger partial charge in [0.05, 0.1) is 12.0 Å². The summed E-state index contributed by atoms with van der Waals surface area (Å²) in [5.74, 6) is -1.61. The average Bonchev–Trinajstić information content (AvgIpc) is 2.43. The molecular weight excluding hydrogens is 255 g/mol. The number of amides is 2. The van der Waals surface area contributed by atoms with E-state index in [9.17, 15) is 19.5 Å². The van der Waals surface area contributed by atoms with Crippen molar-refractivity contribution in [3.8, 4) is 0 Å². The number of nitrogens with zero attached hydrogens (tertiary/aromatic N) is 1. The van der Waals surface area contributed by atoms with Gasteiger partial charge in [0.1, 0.15) is 11.4 Å². The van der Waals surface area contributed by atoms with Gasteiger partial charge in [0.25, 0.3) is 0 Å². The topological polar surface area (TPSA) is 89.5 Å². The molecule has 2 saturated heterocycles. The Kier molecular flexibility index (Phi) is 4.18. The summed E-state index contributed by atoms with van der Waals surface area (Å²) in [6.07, 6.45) is 0.458. The van der Waals surface area contributed by atoms with E-state index in [0.717, 1.165) is 0 Å². The number of β-lactam (4-membered cyclic amide) rings is 1. The van der Waals surface area contributed by atoms with E-state index < -0.39 is 22.8 Å². The first-order valence-corrected chi connectivity index (χ1v) is 5.68. The molecule has 0 aromatic rings. The van der Waals surface area contributed by atoms with Crippen LogP contribution in [0.2, 0.25) is 0 Å². The summed E-state index contributed by atoms with van der Waals surface area (Å²) >= 11 is 1.37. The van der Waals surface area contributed by atoms with Crippen LogP contribution in [0.3, 0.4) is 0 Å². The molecule has 0 spiro atoms. The molecular formula is C9H11N2NaO4S. The molecule has 2 aliphatic rings. The summed E-state index contributed by atoms with van der Waals surface area (Å²) in [5.41, 5.74) is 0. The number of carboxylic acids is 1. The maximum absolute atomic E-state index is 11.6. The minimum atomic E-state index is -1.25. The van der Waals surface area contributed by atoms with E-state index in [-0.39, 0.29) is 40.8 Å². The van der Waals surface area contributed by atoms with E-state index in [2.05, 4.69) is 5.32 Å². The van der Waals surface area contributed by atoms with Gasteiger partial charge in [-0.25, -0.2) is 0 Å². The molecule has 2 aliphatic heterocycles. The van der Waals surface area contributed by atoms with Crippen LogP contribution >= 0.6 is 11.8 Å². The molecule has 17 heavy (non-hydrogen) atoms. The predicted molar refractivity (Wildman–Crippen MR) is 54.1 cm³/mol. The Balaban J connectivity index is 0.00000144. The van der Waals surface area contributed by atoms with Crippen LogP contribution in [0.1, 0.15) is 13.8 Å². The smallest absolute Gasteiger partial charge is 0.548 e. The molecule has 2 amide bonds. The van der Waals surface area contributed by atoms with Crippen molar-refractivity contribution >= 4 is 30.0 Å². The van der Waals surface area contributed by atoms with E-state index in [0.29, 0.717) is 6.41 Å². The Hall–Kier alpha value is -0.240. The van der Waals surface area contributed by atoms with Gasteiger partial charge in [-0.1, -0.05) is 0 Å². The second kappa shape index (κ2) is 4.79. The average molecular weight is 266 g/mol.